The highest BCUT2D eigenvalue weighted by molar-refractivity contribution is 5.82. The van der Waals surface area contributed by atoms with Crippen LogP contribution in [0.1, 0.15) is 33.1 Å². The van der Waals surface area contributed by atoms with Crippen LogP contribution in [0.2, 0.25) is 0 Å². The average Bonchev–Trinajstić information content (AvgIpc) is 3.05. The van der Waals surface area contributed by atoms with E-state index in [1.807, 2.05) is 0 Å². The minimum absolute atomic E-state index is 0.387. The van der Waals surface area contributed by atoms with Crippen LogP contribution in [0.15, 0.2) is 0 Å². The summed E-state index contributed by atoms with van der Waals surface area (Å²) in [4.78, 5) is 22.1. The van der Waals surface area contributed by atoms with Gasteiger partial charge in [-0.05, 0) is 31.1 Å². The Morgan fingerprint density at radius 3 is 2.50 bits per heavy atom. The largest absolute Gasteiger partial charge is 0.480 e. The van der Waals surface area contributed by atoms with Crippen molar-refractivity contribution in [3.05, 3.63) is 0 Å². The first-order chi connectivity index (χ1) is 7.54. The van der Waals surface area contributed by atoms with Gasteiger partial charge in [-0.2, -0.15) is 0 Å². The zero-order chi connectivity index (χ0) is 12.1. The second-order valence-electron chi connectivity index (χ2n) is 4.47. The van der Waals surface area contributed by atoms with Crippen molar-refractivity contribution in [2.24, 2.45) is 11.8 Å². The Morgan fingerprint density at radius 2 is 2.06 bits per heavy atom. The van der Waals surface area contributed by atoms with E-state index in [9.17, 15) is 9.59 Å². The van der Waals surface area contributed by atoms with E-state index in [2.05, 4.69) is 17.6 Å². The number of hydrogen-bond donors (Lipinski definition) is 3. The number of aliphatic carboxylic acids is 1. The number of hydrogen-bond acceptors (Lipinski definition) is 2. The molecule has 0 aromatic heterocycles. The minimum atomic E-state index is -0.993. The van der Waals surface area contributed by atoms with Gasteiger partial charge >= 0.3 is 12.0 Å². The smallest absolute Gasteiger partial charge is 0.326 e. The van der Waals surface area contributed by atoms with Crippen LogP contribution >= 0.6 is 0 Å². The van der Waals surface area contributed by atoms with Crippen LogP contribution in [0.25, 0.3) is 0 Å². The molecule has 5 heteroatoms. The molecule has 0 aliphatic heterocycles. The molecule has 3 N–H and O–H groups in total. The van der Waals surface area contributed by atoms with E-state index in [-0.39, 0.29) is 6.03 Å². The van der Waals surface area contributed by atoms with E-state index in [0.29, 0.717) is 18.9 Å². The summed E-state index contributed by atoms with van der Waals surface area (Å²) in [6.07, 6.45) is 2.88. The second kappa shape index (κ2) is 5.72. The third kappa shape index (κ3) is 4.08. The van der Waals surface area contributed by atoms with Crippen LogP contribution in [0.5, 0.6) is 0 Å². The number of carbonyl (C=O) groups excluding carboxylic acids is 1. The van der Waals surface area contributed by atoms with Crippen molar-refractivity contribution in [2.75, 3.05) is 6.54 Å². The highest BCUT2D eigenvalue weighted by Crippen LogP contribution is 2.35. The summed E-state index contributed by atoms with van der Waals surface area (Å²) < 4.78 is 0. The third-order valence-corrected chi connectivity index (χ3v) is 3.02. The van der Waals surface area contributed by atoms with Crippen LogP contribution < -0.4 is 10.6 Å². The van der Waals surface area contributed by atoms with Gasteiger partial charge in [0.2, 0.25) is 0 Å². The first-order valence-corrected chi connectivity index (χ1v) is 5.81. The fourth-order valence-electron chi connectivity index (χ4n) is 1.63. The lowest BCUT2D eigenvalue weighted by molar-refractivity contribution is -0.139. The standard InChI is InChI=1S/C11H20N2O3/c1-3-9(10(14)15)13-11(16)12-6-7(2)8-4-5-8/h7-9H,3-6H2,1-2H3,(H,14,15)(H2,12,13,16)/t7?,9-/m0/s1. The predicted molar refractivity (Wildman–Crippen MR) is 60.1 cm³/mol. The maximum Gasteiger partial charge on any atom is 0.326 e. The monoisotopic (exact) mass is 228 g/mol. The topological polar surface area (TPSA) is 78.4 Å². The Balaban J connectivity index is 2.20. The van der Waals surface area contributed by atoms with Crippen molar-refractivity contribution in [3.63, 3.8) is 0 Å². The fraction of sp³-hybridized carbons (Fsp3) is 0.818. The molecule has 2 atom stereocenters. The number of nitrogens with one attached hydrogen (secondary N) is 2. The van der Waals surface area contributed by atoms with Crippen LogP contribution in [-0.4, -0.2) is 29.7 Å². The number of amides is 2. The lowest BCUT2D eigenvalue weighted by Gasteiger charge is -2.15. The second-order valence-corrected chi connectivity index (χ2v) is 4.47. The van der Waals surface area contributed by atoms with Gasteiger partial charge < -0.3 is 15.7 Å². The molecule has 1 saturated carbocycles. The average molecular weight is 228 g/mol. The molecule has 0 bridgehead atoms. The Bertz CT molecular complexity index is 264. The molecular weight excluding hydrogens is 208 g/mol. The highest BCUT2D eigenvalue weighted by Gasteiger charge is 2.28. The number of carboxylic acid groups (broad SMARTS) is 1. The number of carbonyl (C=O) groups is 2. The van der Waals surface area contributed by atoms with E-state index >= 15 is 0 Å². The van der Waals surface area contributed by atoms with Gasteiger partial charge in [0.25, 0.3) is 0 Å². The van der Waals surface area contributed by atoms with Crippen molar-refractivity contribution >= 4 is 12.0 Å². The Hall–Kier alpha value is -1.26. The molecule has 92 valence electrons. The molecule has 1 fully saturated rings. The SMILES string of the molecule is CC[C@H](NC(=O)NCC(C)C1CC1)C(=O)O. The molecule has 0 aromatic carbocycles. The molecule has 0 radical (unpaired) electrons. The van der Waals surface area contributed by atoms with E-state index in [1.54, 1.807) is 6.92 Å². The zero-order valence-electron chi connectivity index (χ0n) is 9.82. The van der Waals surface area contributed by atoms with Gasteiger partial charge in [0, 0.05) is 6.54 Å². The molecule has 0 heterocycles. The van der Waals surface area contributed by atoms with Crippen molar-refractivity contribution < 1.29 is 14.7 Å². The summed E-state index contributed by atoms with van der Waals surface area (Å²) in [6, 6.07) is -1.18. The number of carboxylic acids is 1. The maximum absolute atomic E-state index is 11.4. The van der Waals surface area contributed by atoms with E-state index in [0.717, 1.165) is 5.92 Å². The summed E-state index contributed by atoms with van der Waals surface area (Å²) in [5, 5.41) is 13.9. The molecule has 0 aromatic rings. The molecule has 1 aliphatic rings. The van der Waals surface area contributed by atoms with Gasteiger partial charge in [0.05, 0.1) is 0 Å². The van der Waals surface area contributed by atoms with Crippen molar-refractivity contribution in [1.29, 1.82) is 0 Å². The Kier molecular flexibility index (Phi) is 4.58. The summed E-state index contributed by atoms with van der Waals surface area (Å²) in [5.74, 6) is 0.227. The third-order valence-electron chi connectivity index (χ3n) is 3.02. The van der Waals surface area contributed by atoms with E-state index < -0.39 is 12.0 Å². The number of rotatable bonds is 6. The van der Waals surface area contributed by atoms with Crippen molar-refractivity contribution in [2.45, 2.75) is 39.2 Å². The van der Waals surface area contributed by atoms with Gasteiger partial charge in [-0.3, -0.25) is 0 Å². The minimum Gasteiger partial charge on any atom is -0.480 e. The molecule has 5 nitrogen and oxygen atoms in total. The Labute approximate surface area is 95.6 Å². The zero-order valence-corrected chi connectivity index (χ0v) is 9.82. The van der Waals surface area contributed by atoms with Gasteiger partial charge in [-0.1, -0.05) is 13.8 Å². The van der Waals surface area contributed by atoms with Crippen LogP contribution in [0.3, 0.4) is 0 Å². The van der Waals surface area contributed by atoms with E-state index in [1.165, 1.54) is 12.8 Å². The number of urea groups is 1. The summed E-state index contributed by atoms with van der Waals surface area (Å²) in [7, 11) is 0. The van der Waals surface area contributed by atoms with Gasteiger partial charge in [-0.25, -0.2) is 9.59 Å². The molecule has 0 spiro atoms. The fourth-order valence-corrected chi connectivity index (χ4v) is 1.63. The van der Waals surface area contributed by atoms with Crippen LogP contribution in [0, 0.1) is 11.8 Å². The molecule has 1 unspecified atom stereocenters. The lowest BCUT2D eigenvalue weighted by Crippen LogP contribution is -2.46. The normalized spacial score (nSPS) is 18.6. The first kappa shape index (κ1) is 12.8. The quantitative estimate of drug-likeness (QED) is 0.639. The van der Waals surface area contributed by atoms with Crippen molar-refractivity contribution in [3.8, 4) is 0 Å². The first-order valence-electron chi connectivity index (χ1n) is 5.81. The van der Waals surface area contributed by atoms with Crippen LogP contribution in [0.4, 0.5) is 4.79 Å². The summed E-state index contributed by atoms with van der Waals surface area (Å²) >= 11 is 0. The molecule has 0 saturated heterocycles. The van der Waals surface area contributed by atoms with Gasteiger partial charge in [0.1, 0.15) is 6.04 Å². The van der Waals surface area contributed by atoms with Gasteiger partial charge in [0.15, 0.2) is 0 Å². The lowest BCUT2D eigenvalue weighted by atomic mass is 10.1. The maximum atomic E-state index is 11.4. The molecule has 1 aliphatic carbocycles. The van der Waals surface area contributed by atoms with E-state index in [4.69, 9.17) is 5.11 Å². The predicted octanol–water partition coefficient (Wildman–Crippen LogP) is 1.19. The molecule has 2 amide bonds. The molecule has 1 rings (SSSR count). The molecule has 16 heavy (non-hydrogen) atoms. The Morgan fingerprint density at radius 1 is 1.44 bits per heavy atom. The summed E-state index contributed by atoms with van der Waals surface area (Å²) in [6.45, 7) is 4.45. The summed E-state index contributed by atoms with van der Waals surface area (Å²) in [5.41, 5.74) is 0. The van der Waals surface area contributed by atoms with Gasteiger partial charge in [-0.15, -0.1) is 0 Å². The van der Waals surface area contributed by atoms with Crippen molar-refractivity contribution in [1.82, 2.24) is 10.6 Å². The van der Waals surface area contributed by atoms with Crippen LogP contribution in [-0.2, 0) is 4.79 Å². The molecular formula is C11H20N2O3. The highest BCUT2D eigenvalue weighted by atomic mass is 16.4.